The van der Waals surface area contributed by atoms with Crippen LogP contribution in [0.4, 0.5) is 5.69 Å². The molecule has 0 saturated heterocycles. The van der Waals surface area contributed by atoms with Gasteiger partial charge in [0.1, 0.15) is 0 Å². The van der Waals surface area contributed by atoms with Crippen LogP contribution in [0.2, 0.25) is 0 Å². The number of benzene rings is 1. The maximum atomic E-state index is 12.2. The molecule has 1 aromatic carbocycles. The molecule has 6 heteroatoms. The van der Waals surface area contributed by atoms with Crippen LogP contribution >= 0.6 is 0 Å². The van der Waals surface area contributed by atoms with Crippen molar-refractivity contribution in [3.63, 3.8) is 0 Å². The summed E-state index contributed by atoms with van der Waals surface area (Å²) in [5.74, 6) is 0. The molecule has 0 spiro atoms. The summed E-state index contributed by atoms with van der Waals surface area (Å²) in [6.07, 6.45) is 0. The lowest BCUT2D eigenvalue weighted by molar-refractivity contribution is 0.601. The van der Waals surface area contributed by atoms with Crippen LogP contribution in [-0.4, -0.2) is 18.6 Å². The quantitative estimate of drug-likeness (QED) is 0.892. The Kier molecular flexibility index (Phi) is 3.13. The molecule has 0 aliphatic heterocycles. The normalized spacial score (nSPS) is 11.5. The van der Waals surface area contributed by atoms with Crippen molar-refractivity contribution in [2.45, 2.75) is 25.7 Å². The van der Waals surface area contributed by atoms with Crippen molar-refractivity contribution in [3.8, 4) is 0 Å². The van der Waals surface area contributed by atoms with E-state index in [1.54, 1.807) is 38.1 Å². The Labute approximate surface area is 106 Å². The molecule has 0 aliphatic rings. The number of sulfonamides is 1. The standard InChI is InChI=1S/C12H15N3O2S/c1-8-4-6-11(7-5-8)18(16,17)15-12-9(2)13-14-10(12)3/h4-7,15H,1-3H3,(H,13,14). The molecular weight excluding hydrogens is 250 g/mol. The van der Waals surface area contributed by atoms with Gasteiger partial charge in [0.05, 0.1) is 22.0 Å². The van der Waals surface area contributed by atoms with Crippen molar-refractivity contribution in [3.05, 3.63) is 41.2 Å². The smallest absolute Gasteiger partial charge is 0.262 e. The van der Waals surface area contributed by atoms with Gasteiger partial charge in [-0.3, -0.25) is 9.82 Å². The van der Waals surface area contributed by atoms with Crippen molar-refractivity contribution in [1.29, 1.82) is 0 Å². The van der Waals surface area contributed by atoms with Gasteiger partial charge in [-0.05, 0) is 32.9 Å². The van der Waals surface area contributed by atoms with Gasteiger partial charge in [-0.15, -0.1) is 0 Å². The Morgan fingerprint density at radius 3 is 2.22 bits per heavy atom. The van der Waals surface area contributed by atoms with Crippen LogP contribution in [0, 0.1) is 20.8 Å². The van der Waals surface area contributed by atoms with E-state index >= 15 is 0 Å². The zero-order valence-corrected chi connectivity index (χ0v) is 11.3. The maximum Gasteiger partial charge on any atom is 0.262 e. The lowest BCUT2D eigenvalue weighted by Crippen LogP contribution is -2.13. The molecule has 0 bridgehead atoms. The van der Waals surface area contributed by atoms with Crippen LogP contribution in [0.3, 0.4) is 0 Å². The number of aromatic nitrogens is 2. The molecule has 2 N–H and O–H groups in total. The lowest BCUT2D eigenvalue weighted by atomic mass is 10.2. The molecule has 96 valence electrons. The van der Waals surface area contributed by atoms with Crippen LogP contribution in [0.1, 0.15) is 17.0 Å². The van der Waals surface area contributed by atoms with Crippen molar-refractivity contribution in [2.75, 3.05) is 4.72 Å². The van der Waals surface area contributed by atoms with Crippen LogP contribution in [-0.2, 0) is 10.0 Å². The highest BCUT2D eigenvalue weighted by Gasteiger charge is 2.17. The summed E-state index contributed by atoms with van der Waals surface area (Å²) in [6.45, 7) is 5.43. The predicted octanol–water partition coefficient (Wildman–Crippen LogP) is 2.14. The molecule has 18 heavy (non-hydrogen) atoms. The van der Waals surface area contributed by atoms with E-state index in [4.69, 9.17) is 0 Å². The monoisotopic (exact) mass is 265 g/mol. The Balaban J connectivity index is 2.36. The molecule has 0 saturated carbocycles. The number of aryl methyl sites for hydroxylation is 3. The number of aromatic amines is 1. The van der Waals surface area contributed by atoms with E-state index in [1.165, 1.54) is 0 Å². The van der Waals surface area contributed by atoms with Gasteiger partial charge in [-0.1, -0.05) is 17.7 Å². The van der Waals surface area contributed by atoms with E-state index in [2.05, 4.69) is 14.9 Å². The Morgan fingerprint density at radius 1 is 1.11 bits per heavy atom. The second kappa shape index (κ2) is 4.45. The SMILES string of the molecule is Cc1ccc(S(=O)(=O)Nc2c(C)n[nH]c2C)cc1. The summed E-state index contributed by atoms with van der Waals surface area (Å²) in [5, 5.41) is 6.70. The number of rotatable bonds is 3. The molecule has 1 aromatic heterocycles. The second-order valence-electron chi connectivity index (χ2n) is 4.23. The van der Waals surface area contributed by atoms with E-state index in [0.717, 1.165) is 5.56 Å². The molecule has 0 fully saturated rings. The fourth-order valence-corrected chi connectivity index (χ4v) is 2.79. The molecular formula is C12H15N3O2S. The average molecular weight is 265 g/mol. The minimum Gasteiger partial charge on any atom is -0.280 e. The average Bonchev–Trinajstić information content (AvgIpc) is 2.61. The molecule has 0 aliphatic carbocycles. The van der Waals surface area contributed by atoms with E-state index in [0.29, 0.717) is 17.1 Å². The van der Waals surface area contributed by atoms with E-state index < -0.39 is 10.0 Å². The van der Waals surface area contributed by atoms with E-state index in [-0.39, 0.29) is 4.90 Å². The molecule has 0 atom stereocenters. The number of nitrogens with zero attached hydrogens (tertiary/aromatic N) is 1. The summed E-state index contributed by atoms with van der Waals surface area (Å²) < 4.78 is 26.9. The van der Waals surface area contributed by atoms with Gasteiger partial charge in [0, 0.05) is 0 Å². The Morgan fingerprint density at radius 2 is 1.72 bits per heavy atom. The first-order valence-electron chi connectivity index (χ1n) is 5.51. The van der Waals surface area contributed by atoms with Crippen molar-refractivity contribution in [1.82, 2.24) is 10.2 Å². The summed E-state index contributed by atoms with van der Waals surface area (Å²) in [7, 11) is -3.55. The van der Waals surface area contributed by atoms with Gasteiger partial charge in [0.2, 0.25) is 0 Å². The third kappa shape index (κ3) is 2.38. The molecule has 1 heterocycles. The summed E-state index contributed by atoms with van der Waals surface area (Å²) in [4.78, 5) is 0.244. The maximum absolute atomic E-state index is 12.2. The van der Waals surface area contributed by atoms with Crippen molar-refractivity contribution >= 4 is 15.7 Å². The highest BCUT2D eigenvalue weighted by molar-refractivity contribution is 7.92. The molecule has 0 amide bonds. The number of hydrogen-bond donors (Lipinski definition) is 2. The minimum atomic E-state index is -3.55. The molecule has 5 nitrogen and oxygen atoms in total. The molecule has 2 aromatic rings. The largest absolute Gasteiger partial charge is 0.280 e. The summed E-state index contributed by atoms with van der Waals surface area (Å²) >= 11 is 0. The van der Waals surface area contributed by atoms with Gasteiger partial charge < -0.3 is 0 Å². The minimum absolute atomic E-state index is 0.244. The first kappa shape index (κ1) is 12.6. The third-order valence-corrected chi connectivity index (χ3v) is 4.06. The van der Waals surface area contributed by atoms with Gasteiger partial charge in [0.25, 0.3) is 10.0 Å². The van der Waals surface area contributed by atoms with E-state index in [9.17, 15) is 8.42 Å². The van der Waals surface area contributed by atoms with Crippen LogP contribution < -0.4 is 4.72 Å². The van der Waals surface area contributed by atoms with Crippen LogP contribution in [0.15, 0.2) is 29.2 Å². The Bertz CT molecular complexity index is 638. The summed E-state index contributed by atoms with van der Waals surface area (Å²) in [6, 6.07) is 6.71. The van der Waals surface area contributed by atoms with E-state index in [1.807, 2.05) is 6.92 Å². The van der Waals surface area contributed by atoms with Crippen molar-refractivity contribution in [2.24, 2.45) is 0 Å². The fraction of sp³-hybridized carbons (Fsp3) is 0.250. The number of anilines is 1. The molecule has 2 rings (SSSR count). The number of nitrogens with one attached hydrogen (secondary N) is 2. The topological polar surface area (TPSA) is 74.8 Å². The zero-order valence-electron chi connectivity index (χ0n) is 10.5. The fourth-order valence-electron chi connectivity index (χ4n) is 1.61. The highest BCUT2D eigenvalue weighted by atomic mass is 32.2. The highest BCUT2D eigenvalue weighted by Crippen LogP contribution is 2.21. The van der Waals surface area contributed by atoms with Crippen molar-refractivity contribution < 1.29 is 8.42 Å². The second-order valence-corrected chi connectivity index (χ2v) is 5.91. The van der Waals surface area contributed by atoms with Crippen LogP contribution in [0.25, 0.3) is 0 Å². The number of hydrogen-bond acceptors (Lipinski definition) is 3. The lowest BCUT2D eigenvalue weighted by Gasteiger charge is -2.08. The first-order chi connectivity index (χ1) is 8.40. The van der Waals surface area contributed by atoms with Gasteiger partial charge >= 0.3 is 0 Å². The predicted molar refractivity (Wildman–Crippen MR) is 70.0 cm³/mol. The first-order valence-corrected chi connectivity index (χ1v) is 6.99. The third-order valence-electron chi connectivity index (χ3n) is 2.70. The number of H-pyrrole nitrogens is 1. The van der Waals surface area contributed by atoms with Gasteiger partial charge in [-0.25, -0.2) is 8.42 Å². The zero-order chi connectivity index (χ0) is 13.3. The molecule has 0 unspecified atom stereocenters. The van der Waals surface area contributed by atoms with Gasteiger partial charge in [0.15, 0.2) is 0 Å². The molecule has 0 radical (unpaired) electrons. The Hall–Kier alpha value is -1.82. The van der Waals surface area contributed by atoms with Crippen LogP contribution in [0.5, 0.6) is 0 Å². The van der Waals surface area contributed by atoms with Gasteiger partial charge in [-0.2, -0.15) is 5.10 Å². The summed E-state index contributed by atoms with van der Waals surface area (Å²) in [5.41, 5.74) is 2.85.